The number of esters is 1. The summed E-state index contributed by atoms with van der Waals surface area (Å²) in [7, 11) is 0. The quantitative estimate of drug-likeness (QED) is 0.0502. The van der Waals surface area contributed by atoms with Crippen molar-refractivity contribution in [2.45, 2.75) is 172 Å². The van der Waals surface area contributed by atoms with E-state index in [4.69, 9.17) is 15.2 Å². The van der Waals surface area contributed by atoms with Gasteiger partial charge in [0.2, 0.25) is 5.91 Å². The Morgan fingerprint density at radius 1 is 0.925 bits per heavy atom. The molecule has 6 rings (SSSR count). The molecule has 3 aromatic rings. The number of H-pyrrole nitrogens is 2. The van der Waals surface area contributed by atoms with Crippen molar-refractivity contribution < 1.29 is 38.6 Å². The summed E-state index contributed by atoms with van der Waals surface area (Å²) < 4.78 is 12.8. The average molecular weight is 934 g/mol. The number of aliphatic hydroxyl groups is 1. The summed E-state index contributed by atoms with van der Waals surface area (Å²) in [5.41, 5.74) is 6.06. The number of hydrogen-bond acceptors (Lipinski definition) is 11. The lowest BCUT2D eigenvalue weighted by atomic mass is 9.84. The Labute approximate surface area is 391 Å². The first-order valence-electron chi connectivity index (χ1n) is 24.5. The summed E-state index contributed by atoms with van der Waals surface area (Å²) in [6.45, 7) is 3.34. The number of nitrogens with one attached hydrogen (secondary N) is 5. The van der Waals surface area contributed by atoms with E-state index < -0.39 is 90.1 Å². The Morgan fingerprint density at radius 2 is 1.61 bits per heavy atom. The van der Waals surface area contributed by atoms with Gasteiger partial charge >= 0.3 is 17.7 Å². The largest absolute Gasteiger partial charge is 0.464 e. The molecular weight excluding hydrogens is 863 g/mol. The summed E-state index contributed by atoms with van der Waals surface area (Å²) in [6, 6.07) is 3.67. The second kappa shape index (κ2) is 25.0. The second-order valence-electron chi connectivity index (χ2n) is 18.4. The topological polar surface area (TPSA) is 263 Å². The Bertz CT molecular complexity index is 2240. The van der Waals surface area contributed by atoms with Crippen LogP contribution in [0.1, 0.15) is 135 Å². The Balaban J connectivity index is 1.12. The summed E-state index contributed by atoms with van der Waals surface area (Å²) in [6.07, 6.45) is 16.2. The fourth-order valence-electron chi connectivity index (χ4n) is 9.74. The summed E-state index contributed by atoms with van der Waals surface area (Å²) in [5.74, 6) is -2.38. The third-order valence-electron chi connectivity index (χ3n) is 13.4. The number of carbonyl (C=O) groups excluding carboxylic acids is 5. The van der Waals surface area contributed by atoms with E-state index in [9.17, 15) is 38.7 Å². The predicted octanol–water partition coefficient (Wildman–Crippen LogP) is 3.80. The van der Waals surface area contributed by atoms with Crippen LogP contribution in [-0.2, 0) is 35.1 Å². The molecule has 8 N–H and O–H groups in total. The zero-order valence-corrected chi connectivity index (χ0v) is 39.0. The molecule has 3 aliphatic rings. The summed E-state index contributed by atoms with van der Waals surface area (Å²) in [4.78, 5) is 99.1. The number of para-hydroxylation sites is 1. The van der Waals surface area contributed by atoms with Crippen LogP contribution in [0.25, 0.3) is 10.9 Å². The molecule has 1 saturated carbocycles. The van der Waals surface area contributed by atoms with Gasteiger partial charge in [-0.1, -0.05) is 115 Å². The zero-order valence-electron chi connectivity index (χ0n) is 39.0. The molecule has 3 fully saturated rings. The number of hydrogen-bond donors (Lipinski definition) is 7. The van der Waals surface area contributed by atoms with Gasteiger partial charge in [0.15, 0.2) is 6.23 Å². The van der Waals surface area contributed by atoms with Crippen LogP contribution < -0.4 is 32.9 Å². The molecule has 67 heavy (non-hydrogen) atoms. The fraction of sp³-hybridized carbons (Fsp3) is 0.646. The van der Waals surface area contributed by atoms with Crippen LogP contribution >= 0.6 is 0 Å². The molecule has 7 atom stereocenters. The van der Waals surface area contributed by atoms with Crippen molar-refractivity contribution in [3.8, 4) is 0 Å². The number of rotatable bonds is 24. The molecule has 4 heterocycles. The molecule has 0 spiro atoms. The minimum absolute atomic E-state index is 0.0211. The number of aromatic nitrogens is 3. The zero-order chi connectivity index (χ0) is 47.9. The van der Waals surface area contributed by atoms with Gasteiger partial charge in [-0.3, -0.25) is 28.7 Å². The maximum absolute atomic E-state index is 14.4. The van der Waals surface area contributed by atoms with E-state index in [1.54, 1.807) is 13.1 Å². The van der Waals surface area contributed by atoms with E-state index >= 15 is 0 Å². The normalized spacial score (nSPS) is 21.9. The molecule has 0 bridgehead atoms. The van der Waals surface area contributed by atoms with Gasteiger partial charge in [0.25, 0.3) is 17.4 Å². The number of hydrazine groups is 1. The standard InChI is InChI=1S/C48H71N9O10/c1-3-4-5-6-7-8-9-10-11-17-24-66-46(63)38(26-33-29-50-36-21-16-15-20-35(33)36)52-47(64)51-37(25-32-18-13-12-14-19-32)43(61)54-42-31(2)57(41(60)28-49)56(44(42)62)30-34-27-39(58)45(67-34)55-23-22-40(59)53-48(55)65/h15-16,20-23,29,31-32,34,37-39,42,45,50,58H,3-14,17-19,24-28,30,49H2,1-2H3,(H,54,61)(H2,51,52,64)(H,53,59,65)/t31-,34+,37-,38-,39+,42-,45+/m0/s1. The number of carbonyl (C=O) groups is 5. The van der Waals surface area contributed by atoms with Crippen LogP contribution in [0.2, 0.25) is 0 Å². The number of urea groups is 1. The van der Waals surface area contributed by atoms with E-state index in [1.807, 2.05) is 24.3 Å². The van der Waals surface area contributed by atoms with Gasteiger partial charge < -0.3 is 41.2 Å². The molecule has 0 radical (unpaired) electrons. The molecule has 2 aromatic heterocycles. The number of benzene rings is 1. The van der Waals surface area contributed by atoms with Gasteiger partial charge in [-0.25, -0.2) is 24.4 Å². The van der Waals surface area contributed by atoms with Crippen LogP contribution in [0.5, 0.6) is 0 Å². The van der Waals surface area contributed by atoms with Gasteiger partial charge in [0.1, 0.15) is 24.2 Å². The lowest BCUT2D eigenvalue weighted by Crippen LogP contribution is -2.57. The molecule has 5 amide bonds. The van der Waals surface area contributed by atoms with Crippen molar-refractivity contribution in [1.82, 2.24) is 40.5 Å². The molecule has 19 nitrogen and oxygen atoms in total. The molecule has 19 heteroatoms. The SMILES string of the molecule is CCCCCCCCCCCCOC(=O)[C@H](Cc1c[nH]c2ccccc12)NC(=O)N[C@@H](CC1CCCCC1)C(=O)N[C@@H]1C(=O)N(C[C@H]2C[C@@H](O)[C@H](n3ccc(=O)[nH]c3=O)O2)N(C(=O)CN)[C@H]1C. The number of ether oxygens (including phenoxy) is 2. The van der Waals surface area contributed by atoms with Crippen LogP contribution in [-0.4, -0.2) is 115 Å². The number of aliphatic hydroxyl groups excluding tert-OH is 1. The van der Waals surface area contributed by atoms with Crippen molar-refractivity contribution in [2.24, 2.45) is 11.7 Å². The van der Waals surface area contributed by atoms with Crippen molar-refractivity contribution in [3.63, 3.8) is 0 Å². The van der Waals surface area contributed by atoms with Gasteiger partial charge in [0, 0.05) is 42.2 Å². The monoisotopic (exact) mass is 934 g/mol. The minimum Gasteiger partial charge on any atom is -0.464 e. The summed E-state index contributed by atoms with van der Waals surface area (Å²) >= 11 is 0. The smallest absolute Gasteiger partial charge is 0.330 e. The Kier molecular flexibility index (Phi) is 19.0. The molecule has 2 aliphatic heterocycles. The number of aromatic amines is 2. The van der Waals surface area contributed by atoms with E-state index in [2.05, 4.69) is 32.8 Å². The number of fused-ring (bicyclic) bond motifs is 1. The first-order chi connectivity index (χ1) is 32.4. The summed E-state index contributed by atoms with van der Waals surface area (Å²) in [5, 5.41) is 22.5. The minimum atomic E-state index is -1.25. The number of nitrogens with two attached hydrogens (primary N) is 1. The Morgan fingerprint density at radius 3 is 2.31 bits per heavy atom. The van der Waals surface area contributed by atoms with Crippen molar-refractivity contribution in [1.29, 1.82) is 0 Å². The van der Waals surface area contributed by atoms with Crippen LogP contribution in [0.15, 0.2) is 52.3 Å². The van der Waals surface area contributed by atoms with Crippen LogP contribution in [0.3, 0.4) is 0 Å². The third kappa shape index (κ3) is 13.8. The first kappa shape index (κ1) is 50.9. The number of amides is 5. The van der Waals surface area contributed by atoms with Gasteiger partial charge in [-0.2, -0.15) is 0 Å². The van der Waals surface area contributed by atoms with Gasteiger partial charge in [0.05, 0.1) is 31.8 Å². The molecule has 0 unspecified atom stereocenters. The number of unbranched alkanes of at least 4 members (excludes halogenated alkanes) is 9. The molecule has 1 aliphatic carbocycles. The van der Waals surface area contributed by atoms with E-state index in [0.717, 1.165) is 88.5 Å². The third-order valence-corrected chi connectivity index (χ3v) is 13.4. The second-order valence-corrected chi connectivity index (χ2v) is 18.4. The van der Waals surface area contributed by atoms with Crippen LogP contribution in [0, 0.1) is 5.92 Å². The molecule has 2 saturated heterocycles. The maximum Gasteiger partial charge on any atom is 0.330 e. The highest BCUT2D eigenvalue weighted by molar-refractivity contribution is 5.96. The molecule has 1 aromatic carbocycles. The van der Waals surface area contributed by atoms with E-state index in [0.29, 0.717) is 6.42 Å². The fourth-order valence-corrected chi connectivity index (χ4v) is 9.74. The van der Waals surface area contributed by atoms with Crippen molar-refractivity contribution >= 4 is 40.6 Å². The molecule has 368 valence electrons. The van der Waals surface area contributed by atoms with Gasteiger partial charge in [-0.05, 0) is 37.3 Å². The predicted molar refractivity (Wildman–Crippen MR) is 250 cm³/mol. The van der Waals surface area contributed by atoms with Crippen molar-refractivity contribution in [3.05, 3.63) is 69.1 Å². The van der Waals surface area contributed by atoms with Crippen molar-refractivity contribution in [2.75, 3.05) is 19.7 Å². The molecular formula is C48H71N9O10. The average Bonchev–Trinajstić information content (AvgIpc) is 3.97. The Hall–Kier alpha value is -5.53. The van der Waals surface area contributed by atoms with E-state index in [1.165, 1.54) is 44.7 Å². The number of nitrogens with zero attached hydrogens (tertiary/aromatic N) is 3. The highest BCUT2D eigenvalue weighted by Gasteiger charge is 2.50. The van der Waals surface area contributed by atoms with Crippen LogP contribution in [0.4, 0.5) is 4.79 Å². The maximum atomic E-state index is 14.4. The highest BCUT2D eigenvalue weighted by Crippen LogP contribution is 2.32. The first-order valence-corrected chi connectivity index (χ1v) is 24.5. The highest BCUT2D eigenvalue weighted by atomic mass is 16.5. The van der Waals surface area contributed by atoms with Gasteiger partial charge in [-0.15, -0.1) is 0 Å². The lowest BCUT2D eigenvalue weighted by molar-refractivity contribution is -0.159. The lowest BCUT2D eigenvalue weighted by Gasteiger charge is -2.32. The van der Waals surface area contributed by atoms with E-state index in [-0.39, 0.29) is 38.3 Å².